The third kappa shape index (κ3) is 2.93. The van der Waals surface area contributed by atoms with Crippen LogP contribution in [0.15, 0.2) is 48.8 Å². The fourth-order valence-electron chi connectivity index (χ4n) is 4.44. The number of anilines is 3. The molecule has 2 N–H and O–H groups in total. The molecular weight excluding hydrogens is 406 g/mol. The predicted octanol–water partition coefficient (Wildman–Crippen LogP) is 2.79. The smallest absolute Gasteiger partial charge is 0.256 e. The van der Waals surface area contributed by atoms with Gasteiger partial charge in [-0.1, -0.05) is 0 Å². The fourth-order valence-corrected chi connectivity index (χ4v) is 4.44. The molecule has 0 saturated carbocycles. The standard InChI is InChI=1S/C23H21N7O2/c1-28-7-6-14-10-16(3-4-17(14)23(28)32)29-8-9-30-21(29)12-20(27-30)26-22(31)15-2-5-18-19(11-15)25-13-24-18/h2-5,10-13H,6-9H2,1H3,(H,24,25)(H,26,27,31). The maximum Gasteiger partial charge on any atom is 0.256 e. The highest BCUT2D eigenvalue weighted by Gasteiger charge is 2.26. The van der Waals surface area contributed by atoms with Gasteiger partial charge in [0, 0.05) is 43.0 Å². The second-order valence-electron chi connectivity index (χ2n) is 8.17. The van der Waals surface area contributed by atoms with Gasteiger partial charge in [-0.2, -0.15) is 5.10 Å². The second kappa shape index (κ2) is 6.94. The van der Waals surface area contributed by atoms with Crippen molar-refractivity contribution in [2.24, 2.45) is 0 Å². The monoisotopic (exact) mass is 427 g/mol. The molecule has 2 aromatic heterocycles. The Morgan fingerprint density at radius 2 is 2.00 bits per heavy atom. The maximum absolute atomic E-state index is 12.7. The first-order chi connectivity index (χ1) is 15.6. The zero-order chi connectivity index (χ0) is 21.8. The van der Waals surface area contributed by atoms with Crippen molar-refractivity contribution >= 4 is 40.2 Å². The van der Waals surface area contributed by atoms with Crippen molar-refractivity contribution in [2.75, 3.05) is 30.4 Å². The number of nitrogens with zero attached hydrogens (tertiary/aromatic N) is 5. The van der Waals surface area contributed by atoms with Crippen LogP contribution in [0.3, 0.4) is 0 Å². The molecule has 4 heterocycles. The minimum Gasteiger partial charge on any atom is -0.345 e. The van der Waals surface area contributed by atoms with Crippen molar-refractivity contribution in [3.8, 4) is 0 Å². The van der Waals surface area contributed by atoms with E-state index in [2.05, 4.69) is 31.3 Å². The Hall–Kier alpha value is -4.14. The molecule has 2 aromatic carbocycles. The molecule has 0 unspecified atom stereocenters. The lowest BCUT2D eigenvalue weighted by molar-refractivity contribution is 0.0780. The van der Waals surface area contributed by atoms with E-state index in [4.69, 9.17) is 0 Å². The lowest BCUT2D eigenvalue weighted by Gasteiger charge is -2.26. The molecule has 0 bridgehead atoms. The van der Waals surface area contributed by atoms with Crippen LogP contribution in [-0.2, 0) is 13.0 Å². The number of aromatic nitrogens is 4. The van der Waals surface area contributed by atoms with Crippen LogP contribution in [0, 0.1) is 0 Å². The molecule has 2 aliphatic rings. The number of carbonyl (C=O) groups excluding carboxylic acids is 2. The van der Waals surface area contributed by atoms with Gasteiger partial charge in [-0.15, -0.1) is 0 Å². The SMILES string of the molecule is CN1CCc2cc(N3CCn4nc(NC(=O)c5ccc6nc[nH]c6c5)cc43)ccc2C1=O. The molecule has 0 radical (unpaired) electrons. The number of H-pyrrole nitrogens is 1. The summed E-state index contributed by atoms with van der Waals surface area (Å²) in [5.41, 5.74) is 5.05. The van der Waals surface area contributed by atoms with Crippen LogP contribution in [0.1, 0.15) is 26.3 Å². The van der Waals surface area contributed by atoms with E-state index in [1.165, 1.54) is 0 Å². The van der Waals surface area contributed by atoms with Crippen molar-refractivity contribution in [1.29, 1.82) is 0 Å². The number of likely N-dealkylation sites (N-methyl/N-ethyl adjacent to an activating group) is 1. The van der Waals surface area contributed by atoms with E-state index in [1.54, 1.807) is 23.4 Å². The van der Waals surface area contributed by atoms with Crippen LogP contribution < -0.4 is 10.2 Å². The van der Waals surface area contributed by atoms with E-state index < -0.39 is 0 Å². The maximum atomic E-state index is 12.7. The van der Waals surface area contributed by atoms with Gasteiger partial charge in [-0.25, -0.2) is 9.67 Å². The average molecular weight is 427 g/mol. The highest BCUT2D eigenvalue weighted by atomic mass is 16.2. The first-order valence-electron chi connectivity index (χ1n) is 10.5. The van der Waals surface area contributed by atoms with Crippen LogP contribution >= 0.6 is 0 Å². The second-order valence-corrected chi connectivity index (χ2v) is 8.17. The highest BCUT2D eigenvalue weighted by Crippen LogP contribution is 2.34. The molecule has 9 nitrogen and oxygen atoms in total. The van der Waals surface area contributed by atoms with Gasteiger partial charge < -0.3 is 20.1 Å². The number of nitrogens with one attached hydrogen (secondary N) is 2. The van der Waals surface area contributed by atoms with Gasteiger partial charge in [-0.05, 0) is 48.4 Å². The summed E-state index contributed by atoms with van der Waals surface area (Å²) in [7, 11) is 1.83. The lowest BCUT2D eigenvalue weighted by Crippen LogP contribution is -2.34. The quantitative estimate of drug-likeness (QED) is 0.524. The van der Waals surface area contributed by atoms with Gasteiger partial charge in [0.2, 0.25) is 0 Å². The Morgan fingerprint density at radius 1 is 1.09 bits per heavy atom. The van der Waals surface area contributed by atoms with Crippen LogP contribution in [-0.4, -0.2) is 56.6 Å². The fraction of sp³-hybridized carbons (Fsp3) is 0.217. The van der Waals surface area contributed by atoms with Crippen molar-refractivity contribution in [3.05, 3.63) is 65.5 Å². The third-order valence-corrected chi connectivity index (χ3v) is 6.19. The van der Waals surface area contributed by atoms with Crippen molar-refractivity contribution in [1.82, 2.24) is 24.6 Å². The normalized spacial score (nSPS) is 15.2. The molecule has 0 spiro atoms. The number of aromatic amines is 1. The molecule has 2 amide bonds. The van der Waals surface area contributed by atoms with Crippen molar-refractivity contribution < 1.29 is 9.59 Å². The molecule has 160 valence electrons. The van der Waals surface area contributed by atoms with E-state index in [1.807, 2.05) is 36.0 Å². The van der Waals surface area contributed by atoms with E-state index >= 15 is 0 Å². The Kier molecular flexibility index (Phi) is 4.04. The summed E-state index contributed by atoms with van der Waals surface area (Å²) in [6.07, 6.45) is 2.45. The number of carbonyl (C=O) groups is 2. The summed E-state index contributed by atoms with van der Waals surface area (Å²) in [5.74, 6) is 1.28. The first-order valence-corrected chi connectivity index (χ1v) is 10.5. The van der Waals surface area contributed by atoms with Gasteiger partial charge in [0.15, 0.2) is 5.82 Å². The summed E-state index contributed by atoms with van der Waals surface area (Å²) in [6, 6.07) is 13.2. The molecule has 0 fully saturated rings. The van der Waals surface area contributed by atoms with E-state index in [-0.39, 0.29) is 11.8 Å². The Morgan fingerprint density at radius 3 is 2.91 bits per heavy atom. The predicted molar refractivity (Wildman–Crippen MR) is 120 cm³/mol. The van der Waals surface area contributed by atoms with E-state index in [0.29, 0.717) is 11.4 Å². The first kappa shape index (κ1) is 18.6. The molecule has 0 atom stereocenters. The van der Waals surface area contributed by atoms with Crippen LogP contribution in [0.5, 0.6) is 0 Å². The largest absolute Gasteiger partial charge is 0.345 e. The number of hydrogen-bond donors (Lipinski definition) is 2. The highest BCUT2D eigenvalue weighted by molar-refractivity contribution is 6.05. The number of hydrogen-bond acceptors (Lipinski definition) is 5. The topological polar surface area (TPSA) is 99.1 Å². The number of amides is 2. The molecule has 2 aliphatic heterocycles. The minimum atomic E-state index is -0.221. The number of fused-ring (bicyclic) bond motifs is 3. The summed E-state index contributed by atoms with van der Waals surface area (Å²) < 4.78 is 1.89. The van der Waals surface area contributed by atoms with Crippen LogP contribution in [0.25, 0.3) is 11.0 Å². The molecule has 4 aromatic rings. The molecule has 32 heavy (non-hydrogen) atoms. The third-order valence-electron chi connectivity index (χ3n) is 6.19. The van der Waals surface area contributed by atoms with Crippen LogP contribution in [0.2, 0.25) is 0 Å². The Bertz CT molecular complexity index is 1390. The number of rotatable bonds is 3. The minimum absolute atomic E-state index is 0.0718. The molecular formula is C23H21N7O2. The van der Waals surface area contributed by atoms with E-state index in [9.17, 15) is 9.59 Å². The molecule has 0 aliphatic carbocycles. The molecule has 6 rings (SSSR count). The molecule has 9 heteroatoms. The summed E-state index contributed by atoms with van der Waals surface area (Å²) in [5, 5.41) is 7.45. The zero-order valence-electron chi connectivity index (χ0n) is 17.5. The van der Waals surface area contributed by atoms with E-state index in [0.717, 1.165) is 59.7 Å². The van der Waals surface area contributed by atoms with Gasteiger partial charge >= 0.3 is 0 Å². The zero-order valence-corrected chi connectivity index (χ0v) is 17.5. The van der Waals surface area contributed by atoms with Crippen molar-refractivity contribution in [2.45, 2.75) is 13.0 Å². The lowest BCUT2D eigenvalue weighted by atomic mass is 9.98. The number of benzene rings is 2. The van der Waals surface area contributed by atoms with Gasteiger partial charge in [0.25, 0.3) is 11.8 Å². The number of imidazole rings is 1. The van der Waals surface area contributed by atoms with Gasteiger partial charge in [0.1, 0.15) is 5.82 Å². The summed E-state index contributed by atoms with van der Waals surface area (Å²) in [6.45, 7) is 2.25. The molecule has 0 saturated heterocycles. The van der Waals surface area contributed by atoms with Gasteiger partial charge in [0.05, 0.1) is 23.9 Å². The van der Waals surface area contributed by atoms with Gasteiger partial charge in [-0.3, -0.25) is 9.59 Å². The average Bonchev–Trinajstić information content (AvgIpc) is 3.51. The van der Waals surface area contributed by atoms with Crippen molar-refractivity contribution in [3.63, 3.8) is 0 Å². The summed E-state index contributed by atoms with van der Waals surface area (Å²) >= 11 is 0. The van der Waals surface area contributed by atoms with Crippen LogP contribution in [0.4, 0.5) is 17.3 Å². The Labute approximate surface area is 183 Å². The summed E-state index contributed by atoms with van der Waals surface area (Å²) in [4.78, 5) is 36.2. The Balaban J connectivity index is 1.24.